The first-order chi connectivity index (χ1) is 13.2. The minimum Gasteiger partial charge on any atom is -0.496 e. The second kappa shape index (κ2) is 9.36. The Labute approximate surface area is 167 Å². The maximum absolute atomic E-state index is 12.2. The van der Waals surface area contributed by atoms with Crippen LogP contribution in [0.1, 0.15) is 20.3 Å². The third kappa shape index (κ3) is 5.43. The predicted molar refractivity (Wildman–Crippen MR) is 110 cm³/mol. The van der Waals surface area contributed by atoms with Crippen LogP contribution in [0.3, 0.4) is 0 Å². The van der Waals surface area contributed by atoms with Crippen molar-refractivity contribution in [3.8, 4) is 17.2 Å². The molecule has 1 aromatic rings. The van der Waals surface area contributed by atoms with Crippen molar-refractivity contribution in [2.24, 2.45) is 4.99 Å². The van der Waals surface area contributed by atoms with Crippen LogP contribution < -0.4 is 19.5 Å². The van der Waals surface area contributed by atoms with Crippen molar-refractivity contribution in [1.82, 2.24) is 10.2 Å². The summed E-state index contributed by atoms with van der Waals surface area (Å²) in [6.07, 6.45) is 0.758. The molecule has 1 aromatic carbocycles. The van der Waals surface area contributed by atoms with Gasteiger partial charge >= 0.3 is 0 Å². The number of aliphatic imine (C=N–C) groups is 1. The Kier molecular flexibility index (Phi) is 7.40. The molecule has 0 spiro atoms. The molecule has 1 fully saturated rings. The Balaban J connectivity index is 1.81. The Morgan fingerprint density at radius 1 is 1.18 bits per heavy atom. The van der Waals surface area contributed by atoms with E-state index in [1.54, 1.807) is 41.2 Å². The van der Waals surface area contributed by atoms with Gasteiger partial charge in [0.25, 0.3) is 0 Å². The van der Waals surface area contributed by atoms with Crippen molar-refractivity contribution >= 4 is 15.8 Å². The second-order valence-electron chi connectivity index (χ2n) is 7.22. The highest BCUT2D eigenvalue weighted by molar-refractivity contribution is 7.92. The van der Waals surface area contributed by atoms with Crippen molar-refractivity contribution in [3.05, 3.63) is 18.2 Å². The molecule has 0 saturated carbocycles. The number of hydrogen-bond donors (Lipinski definition) is 1. The van der Waals surface area contributed by atoms with Crippen LogP contribution in [0.4, 0.5) is 0 Å². The van der Waals surface area contributed by atoms with E-state index in [4.69, 9.17) is 14.2 Å². The van der Waals surface area contributed by atoms with Crippen LogP contribution in [-0.4, -0.2) is 77.3 Å². The number of hydrogen-bond acceptors (Lipinski definition) is 6. The van der Waals surface area contributed by atoms with Crippen molar-refractivity contribution in [1.29, 1.82) is 0 Å². The lowest BCUT2D eigenvalue weighted by Gasteiger charge is -2.39. The van der Waals surface area contributed by atoms with Crippen LogP contribution in [0.25, 0.3) is 0 Å². The Morgan fingerprint density at radius 2 is 1.79 bits per heavy atom. The van der Waals surface area contributed by atoms with Gasteiger partial charge in [-0.25, -0.2) is 8.42 Å². The van der Waals surface area contributed by atoms with Crippen LogP contribution in [-0.2, 0) is 9.84 Å². The summed E-state index contributed by atoms with van der Waals surface area (Å²) in [6, 6.07) is 5.41. The quantitative estimate of drug-likeness (QED) is 0.412. The van der Waals surface area contributed by atoms with Gasteiger partial charge in [0.15, 0.2) is 15.8 Å². The summed E-state index contributed by atoms with van der Waals surface area (Å²) in [7, 11) is 1.83. The highest BCUT2D eigenvalue weighted by Crippen LogP contribution is 2.27. The number of guanidine groups is 1. The fraction of sp³-hybridized carbons (Fsp3) is 0.632. The summed E-state index contributed by atoms with van der Waals surface area (Å²) in [5.74, 6) is 2.89. The molecule has 0 unspecified atom stereocenters. The van der Waals surface area contributed by atoms with Gasteiger partial charge in [-0.1, -0.05) is 0 Å². The van der Waals surface area contributed by atoms with E-state index < -0.39 is 14.6 Å². The lowest BCUT2D eigenvalue weighted by Crippen LogP contribution is -2.57. The minimum atomic E-state index is -3.07. The molecule has 8 nitrogen and oxygen atoms in total. The summed E-state index contributed by atoms with van der Waals surface area (Å²) in [5.41, 5.74) is 0. The highest BCUT2D eigenvalue weighted by Gasteiger charge is 2.40. The molecule has 1 heterocycles. The van der Waals surface area contributed by atoms with Crippen LogP contribution in [0.15, 0.2) is 23.2 Å². The first-order valence-corrected chi connectivity index (χ1v) is 10.9. The van der Waals surface area contributed by atoms with Gasteiger partial charge in [-0.3, -0.25) is 4.99 Å². The van der Waals surface area contributed by atoms with Crippen molar-refractivity contribution in [2.45, 2.75) is 25.0 Å². The highest BCUT2D eigenvalue weighted by atomic mass is 32.2. The van der Waals surface area contributed by atoms with Gasteiger partial charge in [0.05, 0.1) is 31.3 Å². The molecule has 0 bridgehead atoms. The van der Waals surface area contributed by atoms with Crippen LogP contribution in [0.5, 0.6) is 17.2 Å². The molecular weight excluding hydrogens is 382 g/mol. The number of nitrogens with one attached hydrogen (secondary N) is 1. The molecule has 1 aliphatic heterocycles. The Morgan fingerprint density at radius 3 is 2.32 bits per heavy atom. The fourth-order valence-electron chi connectivity index (χ4n) is 2.98. The topological polar surface area (TPSA) is 89.5 Å². The largest absolute Gasteiger partial charge is 0.496 e. The molecule has 2 rings (SSSR count). The maximum atomic E-state index is 12.2. The molecule has 0 aliphatic carbocycles. The van der Waals surface area contributed by atoms with Gasteiger partial charge in [0.2, 0.25) is 0 Å². The van der Waals surface area contributed by atoms with Gasteiger partial charge in [-0.05, 0) is 20.3 Å². The SMILES string of the molecule is CN=C(NCCCOc1cc(OC)cc(OC)c1)N1CCS(=O)(=O)C(C)(C)C1. The lowest BCUT2D eigenvalue weighted by atomic mass is 10.2. The second-order valence-corrected chi connectivity index (χ2v) is 9.97. The molecule has 158 valence electrons. The average Bonchev–Trinajstić information content (AvgIpc) is 2.66. The number of sulfone groups is 1. The molecule has 0 aromatic heterocycles. The molecule has 1 N–H and O–H groups in total. The number of benzene rings is 1. The molecule has 0 atom stereocenters. The molecule has 1 aliphatic rings. The third-order valence-corrected chi connectivity index (χ3v) is 7.29. The monoisotopic (exact) mass is 413 g/mol. The van der Waals surface area contributed by atoms with Crippen LogP contribution in [0, 0.1) is 0 Å². The zero-order chi connectivity index (χ0) is 20.8. The smallest absolute Gasteiger partial charge is 0.193 e. The molecule has 0 radical (unpaired) electrons. The van der Waals surface area contributed by atoms with Gasteiger partial charge in [-0.15, -0.1) is 0 Å². The number of rotatable bonds is 7. The average molecular weight is 414 g/mol. The van der Waals surface area contributed by atoms with E-state index in [0.717, 1.165) is 6.42 Å². The van der Waals surface area contributed by atoms with E-state index >= 15 is 0 Å². The van der Waals surface area contributed by atoms with Crippen molar-refractivity contribution in [3.63, 3.8) is 0 Å². The van der Waals surface area contributed by atoms with E-state index in [1.165, 1.54) is 0 Å². The normalized spacial score (nSPS) is 18.5. The molecule has 28 heavy (non-hydrogen) atoms. The number of methoxy groups -OCH3 is 2. The summed E-state index contributed by atoms with van der Waals surface area (Å²) in [4.78, 5) is 6.28. The van der Waals surface area contributed by atoms with Crippen LogP contribution in [0.2, 0.25) is 0 Å². The minimum absolute atomic E-state index is 0.140. The molecule has 1 saturated heterocycles. The first kappa shape index (κ1) is 22.1. The number of nitrogens with zero attached hydrogens (tertiary/aromatic N) is 2. The van der Waals surface area contributed by atoms with E-state index in [1.807, 2.05) is 17.0 Å². The Hall–Kier alpha value is -2.16. The summed E-state index contributed by atoms with van der Waals surface area (Å²) in [6.45, 7) is 5.58. The standard InChI is InChI=1S/C19H31N3O5S/c1-19(2)14-22(8-10-28(19,23)24)18(20-3)21-7-6-9-27-17-12-15(25-4)11-16(13-17)26-5/h11-13H,6-10,14H2,1-5H3,(H,20,21). The van der Waals surface area contributed by atoms with Crippen molar-refractivity contribution in [2.75, 3.05) is 53.3 Å². The summed E-state index contributed by atoms with van der Waals surface area (Å²) < 4.78 is 39.8. The molecular formula is C19H31N3O5S. The van der Waals surface area contributed by atoms with Crippen LogP contribution >= 0.6 is 0 Å². The van der Waals surface area contributed by atoms with E-state index in [0.29, 0.717) is 49.4 Å². The van der Waals surface area contributed by atoms with E-state index in [2.05, 4.69) is 10.3 Å². The van der Waals surface area contributed by atoms with E-state index in [9.17, 15) is 8.42 Å². The predicted octanol–water partition coefficient (Wildman–Crippen LogP) is 1.56. The fourth-order valence-corrected chi connectivity index (χ4v) is 4.35. The van der Waals surface area contributed by atoms with Gasteiger partial charge in [0, 0.05) is 44.9 Å². The van der Waals surface area contributed by atoms with Gasteiger partial charge in [-0.2, -0.15) is 0 Å². The Bertz CT molecular complexity index is 771. The number of ether oxygens (including phenoxy) is 3. The first-order valence-electron chi connectivity index (χ1n) is 9.26. The molecule has 9 heteroatoms. The summed E-state index contributed by atoms with van der Waals surface area (Å²) >= 11 is 0. The molecule has 0 amide bonds. The maximum Gasteiger partial charge on any atom is 0.193 e. The van der Waals surface area contributed by atoms with Gasteiger partial charge in [0.1, 0.15) is 17.2 Å². The summed E-state index contributed by atoms with van der Waals surface area (Å²) in [5, 5.41) is 3.29. The van der Waals surface area contributed by atoms with E-state index in [-0.39, 0.29) is 5.75 Å². The van der Waals surface area contributed by atoms with Gasteiger partial charge < -0.3 is 24.4 Å². The lowest BCUT2D eigenvalue weighted by molar-refractivity contribution is 0.303. The zero-order valence-corrected chi connectivity index (χ0v) is 18.1. The third-order valence-electron chi connectivity index (χ3n) is 4.75. The van der Waals surface area contributed by atoms with Crippen molar-refractivity contribution < 1.29 is 22.6 Å². The zero-order valence-electron chi connectivity index (χ0n) is 17.3.